The molecule has 0 spiro atoms. The summed E-state index contributed by atoms with van der Waals surface area (Å²) in [5, 5.41) is 1.65. The van der Waals surface area contributed by atoms with Crippen molar-refractivity contribution in [2.75, 3.05) is 26.9 Å². The Kier molecular flexibility index (Phi) is 7.21. The van der Waals surface area contributed by atoms with Crippen LogP contribution in [0.3, 0.4) is 0 Å². The minimum atomic E-state index is -3.20. The highest BCUT2D eigenvalue weighted by molar-refractivity contribution is 7.53. The van der Waals surface area contributed by atoms with Crippen LogP contribution in [0.4, 0.5) is 0 Å². The number of rotatable bonds is 9. The largest absolute Gasteiger partial charge is 0.496 e. The molecule has 0 aromatic heterocycles. The van der Waals surface area contributed by atoms with Crippen LogP contribution in [-0.2, 0) is 24.5 Å². The molecule has 0 bridgehead atoms. The molecule has 0 unspecified atom stereocenters. The molecule has 0 aliphatic rings. The van der Waals surface area contributed by atoms with Gasteiger partial charge in [-0.15, -0.1) is 0 Å². The van der Waals surface area contributed by atoms with Crippen LogP contribution in [0.15, 0.2) is 30.3 Å². The van der Waals surface area contributed by atoms with E-state index in [0.29, 0.717) is 31.1 Å². The van der Waals surface area contributed by atoms with Gasteiger partial charge in [0.25, 0.3) is 0 Å². The van der Waals surface area contributed by atoms with Gasteiger partial charge in [-0.1, -0.05) is 18.2 Å². The van der Waals surface area contributed by atoms with E-state index in [1.165, 1.54) is 0 Å². The molecular weight excluding hydrogens is 355 g/mol. The standard InChI is InChI=1S/C19H25O6P/c1-5-23-19(20)16-11-15-10-14(8-9-17(15)18(12-16)22-4)13-26(21,24-6-2)25-7-3/h8-12H,5-7,13H2,1-4H3. The molecular formula is C19H25O6P. The SMILES string of the molecule is CCOC(=O)c1cc(OC)c2ccc(CP(=O)(OCC)OCC)cc2c1. The van der Waals surface area contributed by atoms with Crippen molar-refractivity contribution in [1.82, 2.24) is 0 Å². The average Bonchev–Trinajstić information content (AvgIpc) is 2.60. The van der Waals surface area contributed by atoms with Crippen LogP contribution in [0, 0.1) is 0 Å². The summed E-state index contributed by atoms with van der Waals surface area (Å²) in [5.74, 6) is 0.169. The third-order valence-electron chi connectivity index (χ3n) is 3.74. The summed E-state index contributed by atoms with van der Waals surface area (Å²) in [7, 11) is -1.65. The number of carbonyl (C=O) groups is 1. The molecule has 0 N–H and O–H groups in total. The minimum absolute atomic E-state index is 0.163. The molecule has 0 heterocycles. The molecule has 142 valence electrons. The van der Waals surface area contributed by atoms with Crippen LogP contribution < -0.4 is 4.74 Å². The van der Waals surface area contributed by atoms with Gasteiger partial charge in [-0.25, -0.2) is 4.79 Å². The number of benzene rings is 2. The average molecular weight is 380 g/mol. The normalized spacial score (nSPS) is 11.5. The second-order valence-electron chi connectivity index (χ2n) is 5.56. The first-order valence-corrected chi connectivity index (χ1v) is 10.3. The highest BCUT2D eigenvalue weighted by atomic mass is 31.2. The third-order valence-corrected chi connectivity index (χ3v) is 5.79. The van der Waals surface area contributed by atoms with Gasteiger partial charge in [-0.3, -0.25) is 4.57 Å². The molecule has 0 amide bonds. The van der Waals surface area contributed by atoms with E-state index in [0.717, 1.165) is 16.3 Å². The summed E-state index contributed by atoms with van der Waals surface area (Å²) in [6, 6.07) is 9.00. The number of esters is 1. The Bertz CT molecular complexity index is 807. The first kappa shape index (κ1) is 20.4. The first-order chi connectivity index (χ1) is 12.5. The lowest BCUT2D eigenvalue weighted by Crippen LogP contribution is -2.05. The lowest BCUT2D eigenvalue weighted by atomic mass is 10.0. The van der Waals surface area contributed by atoms with Gasteiger partial charge >= 0.3 is 13.6 Å². The van der Waals surface area contributed by atoms with Crippen molar-refractivity contribution in [2.24, 2.45) is 0 Å². The van der Waals surface area contributed by atoms with E-state index in [1.54, 1.807) is 40.0 Å². The Balaban J connectivity index is 2.45. The number of fused-ring (bicyclic) bond motifs is 1. The quantitative estimate of drug-likeness (QED) is 0.460. The van der Waals surface area contributed by atoms with Crippen molar-refractivity contribution in [1.29, 1.82) is 0 Å². The molecule has 2 aromatic rings. The van der Waals surface area contributed by atoms with Gasteiger partial charge in [-0.2, -0.15) is 0 Å². The lowest BCUT2D eigenvalue weighted by Gasteiger charge is -2.17. The summed E-state index contributed by atoms with van der Waals surface area (Å²) >= 11 is 0. The van der Waals surface area contributed by atoms with Crippen molar-refractivity contribution >= 4 is 24.3 Å². The zero-order valence-corrected chi connectivity index (χ0v) is 16.5. The maximum absolute atomic E-state index is 12.8. The number of hydrogen-bond acceptors (Lipinski definition) is 6. The van der Waals surface area contributed by atoms with Gasteiger partial charge in [0.15, 0.2) is 0 Å². The van der Waals surface area contributed by atoms with Crippen LogP contribution in [0.1, 0.15) is 36.7 Å². The Morgan fingerprint density at radius 2 is 1.69 bits per heavy atom. The molecule has 0 saturated heterocycles. The third kappa shape index (κ3) is 4.85. The van der Waals surface area contributed by atoms with E-state index in [1.807, 2.05) is 18.2 Å². The lowest BCUT2D eigenvalue weighted by molar-refractivity contribution is 0.0526. The van der Waals surface area contributed by atoms with E-state index in [9.17, 15) is 9.36 Å². The topological polar surface area (TPSA) is 71.1 Å². The van der Waals surface area contributed by atoms with Crippen molar-refractivity contribution in [2.45, 2.75) is 26.9 Å². The number of ether oxygens (including phenoxy) is 2. The highest BCUT2D eigenvalue weighted by Gasteiger charge is 2.24. The number of methoxy groups -OCH3 is 1. The van der Waals surface area contributed by atoms with E-state index in [2.05, 4.69) is 0 Å². The van der Waals surface area contributed by atoms with E-state index in [4.69, 9.17) is 18.5 Å². The van der Waals surface area contributed by atoms with Gasteiger partial charge in [0, 0.05) is 5.39 Å². The Labute approximate surface area is 153 Å². The smallest absolute Gasteiger partial charge is 0.338 e. The highest BCUT2D eigenvalue weighted by Crippen LogP contribution is 2.51. The molecule has 2 aromatic carbocycles. The molecule has 2 rings (SSSR count). The molecule has 0 aliphatic carbocycles. The van der Waals surface area contributed by atoms with Crippen LogP contribution >= 0.6 is 7.60 Å². The molecule has 0 atom stereocenters. The predicted octanol–water partition coefficient (Wildman–Crippen LogP) is 4.79. The summed E-state index contributed by atoms with van der Waals surface area (Å²) in [5.41, 5.74) is 1.21. The fourth-order valence-corrected chi connectivity index (χ4v) is 4.42. The number of carbonyl (C=O) groups excluding carboxylic acids is 1. The summed E-state index contributed by atoms with van der Waals surface area (Å²) in [6.45, 7) is 6.24. The van der Waals surface area contributed by atoms with Crippen LogP contribution in [0.5, 0.6) is 5.75 Å². The second-order valence-corrected chi connectivity index (χ2v) is 7.61. The molecule has 7 heteroatoms. The van der Waals surface area contributed by atoms with Crippen LogP contribution in [-0.4, -0.2) is 32.9 Å². The van der Waals surface area contributed by atoms with Crippen molar-refractivity contribution in [3.8, 4) is 5.75 Å². The van der Waals surface area contributed by atoms with Gasteiger partial charge in [-0.05, 0) is 43.9 Å². The van der Waals surface area contributed by atoms with E-state index >= 15 is 0 Å². The fourth-order valence-electron chi connectivity index (χ4n) is 2.73. The van der Waals surface area contributed by atoms with Crippen molar-refractivity contribution < 1.29 is 27.9 Å². The maximum atomic E-state index is 12.8. The first-order valence-electron chi connectivity index (χ1n) is 8.62. The monoisotopic (exact) mass is 380 g/mol. The zero-order valence-electron chi connectivity index (χ0n) is 15.6. The predicted molar refractivity (Wildman–Crippen MR) is 101 cm³/mol. The fraction of sp³-hybridized carbons (Fsp3) is 0.421. The van der Waals surface area contributed by atoms with Crippen LogP contribution in [0.25, 0.3) is 10.8 Å². The molecule has 0 aliphatic heterocycles. The van der Waals surface area contributed by atoms with Gasteiger partial charge in [0.1, 0.15) is 5.75 Å². The second kappa shape index (κ2) is 9.17. The molecule has 0 radical (unpaired) electrons. The van der Waals surface area contributed by atoms with Crippen LogP contribution in [0.2, 0.25) is 0 Å². The molecule has 0 fully saturated rings. The molecule has 26 heavy (non-hydrogen) atoms. The van der Waals surface area contributed by atoms with Crippen molar-refractivity contribution in [3.63, 3.8) is 0 Å². The maximum Gasteiger partial charge on any atom is 0.338 e. The van der Waals surface area contributed by atoms with Crippen molar-refractivity contribution in [3.05, 3.63) is 41.5 Å². The molecule has 6 nitrogen and oxygen atoms in total. The Morgan fingerprint density at radius 3 is 2.27 bits per heavy atom. The summed E-state index contributed by atoms with van der Waals surface area (Å²) in [4.78, 5) is 12.1. The van der Waals surface area contributed by atoms with Gasteiger partial charge in [0.2, 0.25) is 0 Å². The molecule has 0 saturated carbocycles. The minimum Gasteiger partial charge on any atom is -0.496 e. The zero-order chi connectivity index (χ0) is 19.2. The van der Waals surface area contributed by atoms with E-state index < -0.39 is 13.6 Å². The Hall–Kier alpha value is -1.88. The van der Waals surface area contributed by atoms with E-state index in [-0.39, 0.29) is 6.16 Å². The Morgan fingerprint density at radius 1 is 1.00 bits per heavy atom. The summed E-state index contributed by atoms with van der Waals surface area (Å²) in [6.07, 6.45) is 0.163. The van der Waals surface area contributed by atoms with Gasteiger partial charge < -0.3 is 18.5 Å². The summed E-state index contributed by atoms with van der Waals surface area (Å²) < 4.78 is 34.0. The number of hydrogen-bond donors (Lipinski definition) is 0. The van der Waals surface area contributed by atoms with Gasteiger partial charge in [0.05, 0.1) is 38.7 Å².